The van der Waals surface area contributed by atoms with Crippen LogP contribution in [0.1, 0.15) is 55.8 Å². The van der Waals surface area contributed by atoms with Gasteiger partial charge in [-0.2, -0.15) is 0 Å². The predicted octanol–water partition coefficient (Wildman–Crippen LogP) is 1.05. The van der Waals surface area contributed by atoms with E-state index >= 15 is 0 Å². The van der Waals surface area contributed by atoms with Crippen molar-refractivity contribution in [3.8, 4) is 0 Å². The number of amides is 1. The maximum atomic E-state index is 12.3. The van der Waals surface area contributed by atoms with Crippen LogP contribution in [0, 0.1) is 0 Å². The zero-order chi connectivity index (χ0) is 20.3. The molecule has 0 aliphatic carbocycles. The first-order valence-corrected chi connectivity index (χ1v) is 10.5. The van der Waals surface area contributed by atoms with Gasteiger partial charge in [-0.1, -0.05) is 51.2 Å². The maximum absolute atomic E-state index is 12.3. The van der Waals surface area contributed by atoms with Gasteiger partial charge in [-0.25, -0.2) is 9.13 Å². The van der Waals surface area contributed by atoms with Crippen LogP contribution in [-0.4, -0.2) is 22.1 Å². The summed E-state index contributed by atoms with van der Waals surface area (Å²) in [6, 6.07) is 11.7. The van der Waals surface area contributed by atoms with E-state index in [4.69, 9.17) is 4.74 Å². The smallest absolute Gasteiger partial charge is 0.255 e. The third-order valence-corrected chi connectivity index (χ3v) is 4.99. The maximum Gasteiger partial charge on any atom is 0.255 e. The molecule has 0 saturated carbocycles. The van der Waals surface area contributed by atoms with Crippen LogP contribution in [0.2, 0.25) is 0 Å². The van der Waals surface area contributed by atoms with E-state index in [-0.39, 0.29) is 18.3 Å². The van der Waals surface area contributed by atoms with E-state index in [1.54, 1.807) is 24.5 Å². The van der Waals surface area contributed by atoms with Crippen LogP contribution in [0.4, 0.5) is 0 Å². The Morgan fingerprint density at radius 1 is 1.10 bits per heavy atom. The molecule has 30 heavy (non-hydrogen) atoms. The summed E-state index contributed by atoms with van der Waals surface area (Å²) in [5.41, 5.74) is 2.70. The number of carbonyl (C=O) groups excluding carboxylic acids is 1. The fourth-order valence-corrected chi connectivity index (χ4v) is 3.37. The average Bonchev–Trinajstić information content (AvgIpc) is 3.12. The first-order chi connectivity index (χ1) is 14.3. The Hall–Kier alpha value is -2.44. The minimum Gasteiger partial charge on any atom is -1.00 e. The molecule has 0 unspecified atom stereocenters. The van der Waals surface area contributed by atoms with Crippen molar-refractivity contribution in [3.63, 3.8) is 0 Å². The Balaban J connectivity index is 0.00000320. The summed E-state index contributed by atoms with van der Waals surface area (Å²) >= 11 is 0. The monoisotopic (exact) mass is 430 g/mol. The lowest BCUT2D eigenvalue weighted by molar-refractivity contribution is -0.675. The third kappa shape index (κ3) is 6.82. The molecule has 3 rings (SSSR count). The molecule has 0 atom stereocenters. The van der Waals surface area contributed by atoms with Gasteiger partial charge in [0.05, 0.1) is 12.2 Å². The molecule has 0 spiro atoms. The van der Waals surface area contributed by atoms with Gasteiger partial charge in [0.2, 0.25) is 6.33 Å². The zero-order valence-electron chi connectivity index (χ0n) is 17.6. The van der Waals surface area contributed by atoms with E-state index in [0.717, 1.165) is 24.1 Å². The van der Waals surface area contributed by atoms with E-state index in [0.29, 0.717) is 19.0 Å². The lowest BCUT2D eigenvalue weighted by atomic mass is 10.1. The first kappa shape index (κ1) is 23.8. The molecule has 0 bridgehead atoms. The van der Waals surface area contributed by atoms with Crippen molar-refractivity contribution < 1.29 is 26.5 Å². The molecule has 6 nitrogen and oxygen atoms in total. The van der Waals surface area contributed by atoms with E-state index in [2.05, 4.69) is 33.9 Å². The van der Waals surface area contributed by atoms with Gasteiger partial charge in [0.25, 0.3) is 5.91 Å². The number of unbranched alkanes of at least 4 members (excludes halogenated alkanes) is 5. The topological polar surface area (TPSA) is 60.0 Å². The number of hydrogen-bond donors (Lipinski definition) is 1. The van der Waals surface area contributed by atoms with Crippen LogP contribution < -0.4 is 22.3 Å². The zero-order valence-corrected chi connectivity index (χ0v) is 18.4. The highest BCUT2D eigenvalue weighted by Crippen LogP contribution is 2.11. The van der Waals surface area contributed by atoms with E-state index in [9.17, 15) is 4.79 Å². The summed E-state index contributed by atoms with van der Waals surface area (Å²) in [5.74, 6) is -0.137. The third-order valence-electron chi connectivity index (χ3n) is 4.99. The standard InChI is InChI=1S/C23H30N4O2.ClH/c1-2-3-4-5-6-9-15-29-19-27-18-26(21-12-7-8-13-22(21)27)17-25-23(28)20-11-10-14-24-16-20;/h7-8,10-14,16,18H,2-6,9,15,17,19H2,1H3;1H. The average molecular weight is 431 g/mol. The summed E-state index contributed by atoms with van der Waals surface area (Å²) < 4.78 is 10.0. The lowest BCUT2D eigenvalue weighted by Crippen LogP contribution is -3.00. The number of aromatic nitrogens is 3. The molecular formula is C23H31ClN4O2. The van der Waals surface area contributed by atoms with Crippen molar-refractivity contribution in [1.82, 2.24) is 14.9 Å². The minimum absolute atomic E-state index is 0. The number of nitrogens with zero attached hydrogens (tertiary/aromatic N) is 3. The second-order valence-corrected chi connectivity index (χ2v) is 7.25. The van der Waals surface area contributed by atoms with E-state index in [1.165, 1.54) is 32.1 Å². The van der Waals surface area contributed by atoms with Gasteiger partial charge in [-0.15, -0.1) is 0 Å². The fourth-order valence-electron chi connectivity index (χ4n) is 3.37. The Kier molecular flexibility index (Phi) is 10.3. The Bertz CT molecular complexity index is 899. The first-order valence-electron chi connectivity index (χ1n) is 10.5. The van der Waals surface area contributed by atoms with Gasteiger partial charge in [-0.3, -0.25) is 9.78 Å². The molecule has 3 aromatic rings. The molecule has 7 heteroatoms. The molecule has 0 radical (unpaired) electrons. The number of pyridine rings is 1. The van der Waals surface area contributed by atoms with Crippen molar-refractivity contribution in [2.24, 2.45) is 0 Å². The lowest BCUT2D eigenvalue weighted by Gasteiger charge is -2.03. The number of imidazole rings is 1. The largest absolute Gasteiger partial charge is 1.00 e. The highest BCUT2D eigenvalue weighted by atomic mass is 35.5. The molecule has 1 amide bonds. The molecule has 0 aliphatic heterocycles. The van der Waals surface area contributed by atoms with Gasteiger partial charge >= 0.3 is 0 Å². The van der Waals surface area contributed by atoms with E-state index < -0.39 is 0 Å². The van der Waals surface area contributed by atoms with Crippen molar-refractivity contribution in [3.05, 3.63) is 60.7 Å². The summed E-state index contributed by atoms with van der Waals surface area (Å²) in [6.45, 7) is 3.91. The number of rotatable bonds is 12. The second-order valence-electron chi connectivity index (χ2n) is 7.25. The van der Waals surface area contributed by atoms with Crippen LogP contribution in [-0.2, 0) is 18.1 Å². The molecule has 0 fully saturated rings. The van der Waals surface area contributed by atoms with E-state index in [1.807, 2.05) is 23.0 Å². The number of benzene rings is 1. The number of carbonyl (C=O) groups is 1. The molecule has 1 N–H and O–H groups in total. The summed E-state index contributed by atoms with van der Waals surface area (Å²) in [4.78, 5) is 16.3. The van der Waals surface area contributed by atoms with Crippen LogP contribution in [0.15, 0.2) is 55.1 Å². The molecule has 0 saturated heterocycles. The van der Waals surface area contributed by atoms with Crippen molar-refractivity contribution in [2.75, 3.05) is 6.61 Å². The summed E-state index contributed by atoms with van der Waals surface area (Å²) in [7, 11) is 0. The van der Waals surface area contributed by atoms with Gasteiger partial charge in [-0.05, 0) is 30.7 Å². The van der Waals surface area contributed by atoms with Gasteiger partial charge in [0.15, 0.2) is 24.4 Å². The van der Waals surface area contributed by atoms with Crippen LogP contribution in [0.25, 0.3) is 11.0 Å². The SMILES string of the molecule is CCCCCCCCOCn1c[n+](CNC(=O)c2cccnc2)c2ccccc21.[Cl-]. The number of nitrogens with one attached hydrogen (secondary N) is 1. The number of hydrogen-bond acceptors (Lipinski definition) is 3. The number of halogens is 1. The molecule has 0 aliphatic rings. The normalized spacial score (nSPS) is 10.7. The number of ether oxygens (including phenoxy) is 1. The highest BCUT2D eigenvalue weighted by molar-refractivity contribution is 5.93. The Morgan fingerprint density at radius 2 is 1.90 bits per heavy atom. The quantitative estimate of drug-likeness (QED) is 0.345. The molecule has 2 aromatic heterocycles. The highest BCUT2D eigenvalue weighted by Gasteiger charge is 2.16. The van der Waals surface area contributed by atoms with Crippen LogP contribution in [0.3, 0.4) is 0 Å². The van der Waals surface area contributed by atoms with Crippen molar-refractivity contribution in [2.45, 2.75) is 58.8 Å². The molecule has 2 heterocycles. The molecule has 1 aromatic carbocycles. The predicted molar refractivity (Wildman–Crippen MR) is 113 cm³/mol. The van der Waals surface area contributed by atoms with Gasteiger partial charge in [0.1, 0.15) is 0 Å². The van der Waals surface area contributed by atoms with Crippen LogP contribution >= 0.6 is 0 Å². The number of para-hydroxylation sites is 2. The Morgan fingerprint density at radius 3 is 2.70 bits per heavy atom. The fraction of sp³-hybridized carbons (Fsp3) is 0.435. The molecule has 162 valence electrons. The van der Waals surface area contributed by atoms with Crippen molar-refractivity contribution in [1.29, 1.82) is 0 Å². The number of fused-ring (bicyclic) bond motifs is 1. The molecular weight excluding hydrogens is 400 g/mol. The summed E-state index contributed by atoms with van der Waals surface area (Å²) in [5, 5.41) is 2.95. The Labute approximate surface area is 184 Å². The van der Waals surface area contributed by atoms with Crippen LogP contribution in [0.5, 0.6) is 0 Å². The van der Waals surface area contributed by atoms with Crippen molar-refractivity contribution >= 4 is 16.9 Å². The minimum atomic E-state index is -0.137. The van der Waals surface area contributed by atoms with Gasteiger partial charge < -0.3 is 22.5 Å². The second kappa shape index (κ2) is 13.0. The summed E-state index contributed by atoms with van der Waals surface area (Å²) in [6.07, 6.45) is 12.8. The van der Waals surface area contributed by atoms with Gasteiger partial charge in [0, 0.05) is 12.4 Å².